The molecular weight excluding hydrogens is 355 g/mol. The van der Waals surface area contributed by atoms with E-state index in [0.29, 0.717) is 42.6 Å². The van der Waals surface area contributed by atoms with E-state index >= 15 is 0 Å². The Morgan fingerprint density at radius 2 is 1.85 bits per heavy atom. The Hall–Kier alpha value is -2.27. The van der Waals surface area contributed by atoms with Crippen LogP contribution in [0.1, 0.15) is 12.5 Å². The molecule has 0 aromatic heterocycles. The molecule has 1 aliphatic rings. The smallest absolute Gasteiger partial charge is 0.263 e. The number of amides is 1. The number of carbonyl (C=O) groups is 1. The Kier molecular flexibility index (Phi) is 5.67. The van der Waals surface area contributed by atoms with Crippen LogP contribution in [-0.4, -0.2) is 43.1 Å². The number of halogens is 2. The van der Waals surface area contributed by atoms with Gasteiger partial charge in [-0.3, -0.25) is 4.79 Å². The summed E-state index contributed by atoms with van der Waals surface area (Å²) in [5, 5.41) is 0.637. The van der Waals surface area contributed by atoms with E-state index in [1.54, 1.807) is 42.2 Å². The number of benzene rings is 2. The van der Waals surface area contributed by atoms with Crippen LogP contribution >= 0.6 is 11.6 Å². The average Bonchev–Trinajstić information content (AvgIpc) is 2.64. The average molecular weight is 377 g/mol. The summed E-state index contributed by atoms with van der Waals surface area (Å²) in [5.74, 6) is 0.356. The number of para-hydroxylation sites is 1. The third-order valence-electron chi connectivity index (χ3n) is 4.57. The molecule has 1 amide bonds. The molecule has 0 saturated carbocycles. The first-order chi connectivity index (χ1) is 12.5. The number of rotatable bonds is 4. The summed E-state index contributed by atoms with van der Waals surface area (Å²) in [5.41, 5.74) is 1.47. The van der Waals surface area contributed by atoms with Crippen LogP contribution in [0.15, 0.2) is 42.5 Å². The molecule has 0 spiro atoms. The molecule has 138 valence electrons. The second-order valence-electron chi connectivity index (χ2n) is 6.43. The maximum atomic E-state index is 13.9. The topological polar surface area (TPSA) is 32.8 Å². The fourth-order valence-corrected chi connectivity index (χ4v) is 3.35. The van der Waals surface area contributed by atoms with Crippen LogP contribution in [0.2, 0.25) is 5.02 Å². The number of aryl methyl sites for hydroxylation is 1. The molecule has 3 rings (SSSR count). The predicted molar refractivity (Wildman–Crippen MR) is 101 cm³/mol. The lowest BCUT2D eigenvalue weighted by molar-refractivity contribution is -0.138. The Morgan fingerprint density at radius 1 is 1.15 bits per heavy atom. The summed E-state index contributed by atoms with van der Waals surface area (Å²) in [6.45, 7) is 5.92. The predicted octanol–water partition coefficient (Wildman–Crippen LogP) is 3.90. The van der Waals surface area contributed by atoms with Gasteiger partial charge in [0, 0.05) is 31.2 Å². The summed E-state index contributed by atoms with van der Waals surface area (Å²) < 4.78 is 19.7. The van der Waals surface area contributed by atoms with Gasteiger partial charge in [0.05, 0.1) is 5.69 Å². The van der Waals surface area contributed by atoms with Crippen molar-refractivity contribution in [3.05, 3.63) is 58.9 Å². The van der Waals surface area contributed by atoms with E-state index in [9.17, 15) is 9.18 Å². The lowest BCUT2D eigenvalue weighted by Crippen LogP contribution is -2.52. The van der Waals surface area contributed by atoms with Crippen molar-refractivity contribution < 1.29 is 13.9 Å². The summed E-state index contributed by atoms with van der Waals surface area (Å²) >= 11 is 5.95. The minimum Gasteiger partial charge on any atom is -0.481 e. The highest BCUT2D eigenvalue weighted by molar-refractivity contribution is 6.30. The van der Waals surface area contributed by atoms with E-state index in [-0.39, 0.29) is 11.7 Å². The summed E-state index contributed by atoms with van der Waals surface area (Å²) in [7, 11) is 0. The minimum absolute atomic E-state index is 0.0625. The van der Waals surface area contributed by atoms with E-state index < -0.39 is 6.10 Å². The SMILES string of the molecule is Cc1cc(Cl)ccc1O[C@H](C)C(=O)N1CCN(c2ccccc2F)CC1. The maximum Gasteiger partial charge on any atom is 0.263 e. The van der Waals surface area contributed by atoms with Gasteiger partial charge in [0.1, 0.15) is 11.6 Å². The number of hydrogen-bond donors (Lipinski definition) is 0. The monoisotopic (exact) mass is 376 g/mol. The van der Waals surface area contributed by atoms with Crippen LogP contribution in [0.3, 0.4) is 0 Å². The van der Waals surface area contributed by atoms with Crippen LogP contribution in [0, 0.1) is 12.7 Å². The van der Waals surface area contributed by atoms with Crippen LogP contribution in [0.5, 0.6) is 5.75 Å². The van der Waals surface area contributed by atoms with Crippen molar-refractivity contribution in [2.24, 2.45) is 0 Å². The van der Waals surface area contributed by atoms with Gasteiger partial charge in [-0.1, -0.05) is 23.7 Å². The van der Waals surface area contributed by atoms with Gasteiger partial charge < -0.3 is 14.5 Å². The zero-order valence-corrected chi connectivity index (χ0v) is 15.7. The Labute approximate surface area is 158 Å². The van der Waals surface area contributed by atoms with E-state index in [0.717, 1.165) is 5.56 Å². The molecule has 2 aromatic carbocycles. The highest BCUT2D eigenvalue weighted by Crippen LogP contribution is 2.24. The van der Waals surface area contributed by atoms with Gasteiger partial charge in [-0.15, -0.1) is 0 Å². The van der Waals surface area contributed by atoms with Gasteiger partial charge >= 0.3 is 0 Å². The van der Waals surface area contributed by atoms with Crippen LogP contribution in [-0.2, 0) is 4.79 Å². The molecule has 0 aliphatic carbocycles. The molecule has 1 atom stereocenters. The first-order valence-corrected chi connectivity index (χ1v) is 9.04. The third-order valence-corrected chi connectivity index (χ3v) is 4.81. The third kappa shape index (κ3) is 4.10. The van der Waals surface area contributed by atoms with Crippen molar-refractivity contribution in [1.29, 1.82) is 0 Å². The highest BCUT2D eigenvalue weighted by atomic mass is 35.5. The number of anilines is 1. The molecular formula is C20H22ClFN2O2. The number of carbonyl (C=O) groups excluding carboxylic acids is 1. The highest BCUT2D eigenvalue weighted by Gasteiger charge is 2.27. The number of hydrogen-bond acceptors (Lipinski definition) is 3. The van der Waals surface area contributed by atoms with Gasteiger partial charge in [0.15, 0.2) is 6.10 Å². The zero-order valence-electron chi connectivity index (χ0n) is 14.9. The van der Waals surface area contributed by atoms with Crippen LogP contribution in [0.25, 0.3) is 0 Å². The van der Waals surface area contributed by atoms with Gasteiger partial charge in [0.2, 0.25) is 0 Å². The first kappa shape index (κ1) is 18.5. The normalized spacial score (nSPS) is 15.7. The van der Waals surface area contributed by atoms with Crippen molar-refractivity contribution in [2.75, 3.05) is 31.1 Å². The molecule has 0 radical (unpaired) electrons. The zero-order chi connectivity index (χ0) is 18.7. The summed E-state index contributed by atoms with van der Waals surface area (Å²) in [4.78, 5) is 16.4. The lowest BCUT2D eigenvalue weighted by atomic mass is 10.2. The Morgan fingerprint density at radius 3 is 2.50 bits per heavy atom. The maximum absolute atomic E-state index is 13.9. The Bertz CT molecular complexity index is 791. The second kappa shape index (κ2) is 7.96. The summed E-state index contributed by atoms with van der Waals surface area (Å²) in [6, 6.07) is 12.0. The molecule has 0 bridgehead atoms. The van der Waals surface area contributed by atoms with Crippen LogP contribution in [0.4, 0.5) is 10.1 Å². The van der Waals surface area contributed by atoms with Crippen LogP contribution < -0.4 is 9.64 Å². The largest absolute Gasteiger partial charge is 0.481 e. The molecule has 26 heavy (non-hydrogen) atoms. The van der Waals surface area contributed by atoms with E-state index in [4.69, 9.17) is 16.3 Å². The van der Waals surface area contributed by atoms with E-state index in [1.807, 2.05) is 17.9 Å². The van der Waals surface area contributed by atoms with Gasteiger partial charge in [-0.2, -0.15) is 0 Å². The van der Waals surface area contributed by atoms with Crippen molar-refractivity contribution in [2.45, 2.75) is 20.0 Å². The molecule has 1 heterocycles. The molecule has 1 saturated heterocycles. The van der Waals surface area contributed by atoms with E-state index in [1.165, 1.54) is 6.07 Å². The standard InChI is InChI=1S/C20H22ClFN2O2/c1-14-13-16(21)7-8-19(14)26-15(2)20(25)24-11-9-23(10-12-24)18-6-4-3-5-17(18)22/h3-8,13,15H,9-12H2,1-2H3/t15-/m1/s1. The quantitative estimate of drug-likeness (QED) is 0.811. The number of ether oxygens (including phenoxy) is 1. The van der Waals surface area contributed by atoms with E-state index in [2.05, 4.69) is 0 Å². The first-order valence-electron chi connectivity index (χ1n) is 8.67. The number of nitrogens with zero attached hydrogens (tertiary/aromatic N) is 2. The second-order valence-corrected chi connectivity index (χ2v) is 6.87. The molecule has 6 heteroatoms. The number of piperazine rings is 1. The molecule has 1 fully saturated rings. The molecule has 4 nitrogen and oxygen atoms in total. The fraction of sp³-hybridized carbons (Fsp3) is 0.350. The Balaban J connectivity index is 1.58. The van der Waals surface area contributed by atoms with Crippen molar-refractivity contribution in [1.82, 2.24) is 4.90 Å². The molecule has 1 aliphatic heterocycles. The van der Waals surface area contributed by atoms with Gasteiger partial charge in [-0.05, 0) is 49.7 Å². The van der Waals surface area contributed by atoms with Crippen molar-refractivity contribution in [3.8, 4) is 5.75 Å². The minimum atomic E-state index is -0.588. The van der Waals surface area contributed by atoms with Gasteiger partial charge in [0.25, 0.3) is 5.91 Å². The fourth-order valence-electron chi connectivity index (χ4n) is 3.12. The lowest BCUT2D eigenvalue weighted by Gasteiger charge is -2.37. The molecule has 2 aromatic rings. The van der Waals surface area contributed by atoms with Crippen molar-refractivity contribution in [3.63, 3.8) is 0 Å². The van der Waals surface area contributed by atoms with Gasteiger partial charge in [-0.25, -0.2) is 4.39 Å². The summed E-state index contributed by atoms with van der Waals surface area (Å²) in [6.07, 6.45) is -0.588. The molecule has 0 N–H and O–H groups in total. The van der Waals surface area contributed by atoms with Crippen molar-refractivity contribution >= 4 is 23.2 Å². The molecule has 0 unspecified atom stereocenters.